The van der Waals surface area contributed by atoms with Crippen molar-refractivity contribution < 1.29 is 14.7 Å². The molecule has 2 aliphatic rings. The highest BCUT2D eigenvalue weighted by Crippen LogP contribution is 2.33. The summed E-state index contributed by atoms with van der Waals surface area (Å²) in [7, 11) is 0. The van der Waals surface area contributed by atoms with E-state index in [1.54, 1.807) is 18.3 Å². The molecule has 2 fully saturated rings. The van der Waals surface area contributed by atoms with Crippen LogP contribution < -0.4 is 10.6 Å². The monoisotopic (exact) mass is 360 g/mol. The fraction of sp³-hybridized carbons (Fsp3) is 0.632. The van der Waals surface area contributed by atoms with Gasteiger partial charge in [-0.3, -0.25) is 14.5 Å². The summed E-state index contributed by atoms with van der Waals surface area (Å²) in [4.78, 5) is 30.0. The molecule has 7 nitrogen and oxygen atoms in total. The van der Waals surface area contributed by atoms with Crippen LogP contribution in [0.3, 0.4) is 0 Å². The molecular formula is C19H28N4O3. The maximum absolute atomic E-state index is 12.6. The standard InChI is InChI=1S/C19H28N4O3/c1-12(2)21-18-16(4-3-7-20-18)19(26)22-14-8-15(9-14)23(11-17(24)25)10-13-5-6-13/h3-4,7,12-15H,5-6,8-11H2,1-2H3,(H,20,21)(H,22,26)(H,24,25). The number of hydrogen-bond acceptors (Lipinski definition) is 5. The van der Waals surface area contributed by atoms with Crippen LogP contribution >= 0.6 is 0 Å². The van der Waals surface area contributed by atoms with E-state index in [2.05, 4.69) is 20.5 Å². The van der Waals surface area contributed by atoms with Crippen LogP contribution in [0.2, 0.25) is 0 Å². The molecule has 1 amide bonds. The second-order valence-corrected chi connectivity index (χ2v) is 7.76. The van der Waals surface area contributed by atoms with Crippen LogP contribution in [-0.2, 0) is 4.79 Å². The number of amides is 1. The van der Waals surface area contributed by atoms with Crippen molar-refractivity contribution in [3.63, 3.8) is 0 Å². The van der Waals surface area contributed by atoms with Crippen LogP contribution in [0, 0.1) is 5.92 Å². The first-order valence-electron chi connectivity index (χ1n) is 9.40. The highest BCUT2D eigenvalue weighted by Gasteiger charge is 2.38. The fourth-order valence-corrected chi connectivity index (χ4v) is 3.39. The zero-order valence-corrected chi connectivity index (χ0v) is 15.4. The van der Waals surface area contributed by atoms with Gasteiger partial charge >= 0.3 is 5.97 Å². The number of carboxylic acids is 1. The summed E-state index contributed by atoms with van der Waals surface area (Å²) in [6, 6.07) is 4.06. The van der Waals surface area contributed by atoms with Gasteiger partial charge < -0.3 is 15.7 Å². The molecule has 0 aliphatic heterocycles. The molecule has 2 aliphatic carbocycles. The lowest BCUT2D eigenvalue weighted by Crippen LogP contribution is -2.55. The normalized spacial score (nSPS) is 22.2. The Hall–Kier alpha value is -2.15. The number of pyridine rings is 1. The van der Waals surface area contributed by atoms with Gasteiger partial charge in [-0.25, -0.2) is 4.98 Å². The van der Waals surface area contributed by atoms with E-state index >= 15 is 0 Å². The molecule has 2 saturated carbocycles. The highest BCUT2D eigenvalue weighted by molar-refractivity contribution is 5.98. The van der Waals surface area contributed by atoms with Gasteiger partial charge in [0.2, 0.25) is 0 Å². The number of carbonyl (C=O) groups excluding carboxylic acids is 1. The quantitative estimate of drug-likeness (QED) is 0.623. The molecule has 0 aromatic carbocycles. The SMILES string of the molecule is CC(C)Nc1ncccc1C(=O)NC1CC(N(CC(=O)O)CC2CC2)C1. The molecule has 1 aromatic rings. The van der Waals surface area contributed by atoms with Crippen molar-refractivity contribution >= 4 is 17.7 Å². The number of aliphatic carboxylic acids is 1. The predicted octanol–water partition coefficient (Wildman–Crippen LogP) is 1.96. The Morgan fingerprint density at radius 1 is 1.35 bits per heavy atom. The summed E-state index contributed by atoms with van der Waals surface area (Å²) in [6.45, 7) is 4.96. The number of carbonyl (C=O) groups is 2. The van der Waals surface area contributed by atoms with Gasteiger partial charge in [0.1, 0.15) is 5.82 Å². The van der Waals surface area contributed by atoms with E-state index in [1.165, 1.54) is 12.8 Å². The summed E-state index contributed by atoms with van der Waals surface area (Å²) in [5.74, 6) is 0.342. The Kier molecular flexibility index (Phi) is 5.76. The first kappa shape index (κ1) is 18.6. The Labute approximate surface area is 154 Å². The molecule has 0 spiro atoms. The van der Waals surface area contributed by atoms with Crippen LogP contribution in [0.5, 0.6) is 0 Å². The summed E-state index contributed by atoms with van der Waals surface area (Å²) < 4.78 is 0. The highest BCUT2D eigenvalue weighted by atomic mass is 16.4. The molecule has 0 saturated heterocycles. The summed E-state index contributed by atoms with van der Waals surface area (Å²) in [6.07, 6.45) is 5.69. The lowest BCUT2D eigenvalue weighted by atomic mass is 9.85. The van der Waals surface area contributed by atoms with Crippen molar-refractivity contribution in [2.24, 2.45) is 5.92 Å². The van der Waals surface area contributed by atoms with Crippen molar-refractivity contribution in [1.82, 2.24) is 15.2 Å². The lowest BCUT2D eigenvalue weighted by Gasteiger charge is -2.42. The molecule has 0 unspecified atom stereocenters. The van der Waals surface area contributed by atoms with E-state index in [0.29, 0.717) is 17.3 Å². The van der Waals surface area contributed by atoms with Crippen LogP contribution in [-0.4, -0.2) is 58.1 Å². The zero-order chi connectivity index (χ0) is 18.7. The summed E-state index contributed by atoms with van der Waals surface area (Å²) in [5.41, 5.74) is 0.546. The smallest absolute Gasteiger partial charge is 0.317 e. The number of carboxylic acid groups (broad SMARTS) is 1. The Bertz CT molecular complexity index is 654. The van der Waals surface area contributed by atoms with Crippen molar-refractivity contribution in [3.05, 3.63) is 23.9 Å². The first-order valence-corrected chi connectivity index (χ1v) is 9.40. The molecule has 3 rings (SSSR count). The molecule has 1 aromatic heterocycles. The second kappa shape index (κ2) is 8.03. The number of anilines is 1. The van der Waals surface area contributed by atoms with E-state index in [4.69, 9.17) is 5.11 Å². The van der Waals surface area contributed by atoms with Crippen LogP contribution in [0.4, 0.5) is 5.82 Å². The molecule has 0 radical (unpaired) electrons. The first-order chi connectivity index (χ1) is 12.4. The van der Waals surface area contributed by atoms with Crippen molar-refractivity contribution in [2.45, 2.75) is 57.7 Å². The number of nitrogens with zero attached hydrogens (tertiary/aromatic N) is 2. The average Bonchev–Trinajstić information content (AvgIpc) is 3.33. The van der Waals surface area contributed by atoms with Gasteiger partial charge in [-0.05, 0) is 57.6 Å². The number of aromatic nitrogens is 1. The predicted molar refractivity (Wildman–Crippen MR) is 99.2 cm³/mol. The van der Waals surface area contributed by atoms with Crippen molar-refractivity contribution in [2.75, 3.05) is 18.4 Å². The lowest BCUT2D eigenvalue weighted by molar-refractivity contribution is -0.139. The third kappa shape index (κ3) is 4.94. The van der Waals surface area contributed by atoms with Crippen molar-refractivity contribution in [1.29, 1.82) is 0 Å². The second-order valence-electron chi connectivity index (χ2n) is 7.76. The number of rotatable bonds is 9. The molecule has 1 heterocycles. The average molecular weight is 360 g/mol. The maximum Gasteiger partial charge on any atom is 0.317 e. The topological polar surface area (TPSA) is 94.6 Å². The third-order valence-electron chi connectivity index (χ3n) is 4.97. The van der Waals surface area contributed by atoms with E-state index in [1.807, 2.05) is 13.8 Å². The Morgan fingerprint density at radius 2 is 2.08 bits per heavy atom. The molecule has 7 heteroatoms. The van der Waals surface area contributed by atoms with Crippen LogP contribution in [0.15, 0.2) is 18.3 Å². The van der Waals surface area contributed by atoms with Gasteiger partial charge in [0.25, 0.3) is 5.91 Å². The minimum atomic E-state index is -0.780. The van der Waals surface area contributed by atoms with E-state index in [0.717, 1.165) is 19.4 Å². The van der Waals surface area contributed by atoms with Gasteiger partial charge in [0.05, 0.1) is 12.1 Å². The molecule has 142 valence electrons. The van der Waals surface area contributed by atoms with Gasteiger partial charge in [-0.15, -0.1) is 0 Å². The van der Waals surface area contributed by atoms with Gasteiger partial charge in [-0.2, -0.15) is 0 Å². The molecule has 26 heavy (non-hydrogen) atoms. The molecule has 3 N–H and O–H groups in total. The largest absolute Gasteiger partial charge is 0.480 e. The number of nitrogens with one attached hydrogen (secondary N) is 2. The summed E-state index contributed by atoms with van der Waals surface area (Å²) >= 11 is 0. The minimum Gasteiger partial charge on any atom is -0.480 e. The number of hydrogen-bond donors (Lipinski definition) is 3. The maximum atomic E-state index is 12.6. The van der Waals surface area contributed by atoms with Gasteiger partial charge in [-0.1, -0.05) is 0 Å². The van der Waals surface area contributed by atoms with Crippen molar-refractivity contribution in [3.8, 4) is 0 Å². The van der Waals surface area contributed by atoms with Gasteiger partial charge in [0, 0.05) is 30.9 Å². The van der Waals surface area contributed by atoms with Crippen LogP contribution in [0.25, 0.3) is 0 Å². The van der Waals surface area contributed by atoms with E-state index in [9.17, 15) is 9.59 Å². The third-order valence-corrected chi connectivity index (χ3v) is 4.97. The fourth-order valence-electron chi connectivity index (χ4n) is 3.39. The molecular weight excluding hydrogens is 332 g/mol. The van der Waals surface area contributed by atoms with E-state index < -0.39 is 5.97 Å². The Morgan fingerprint density at radius 3 is 2.69 bits per heavy atom. The molecule has 0 atom stereocenters. The van der Waals surface area contributed by atoms with Gasteiger partial charge in [0.15, 0.2) is 0 Å². The molecule has 0 bridgehead atoms. The van der Waals surface area contributed by atoms with E-state index in [-0.39, 0.29) is 30.6 Å². The van der Waals surface area contributed by atoms with Crippen LogP contribution in [0.1, 0.15) is 49.9 Å². The Balaban J connectivity index is 1.53. The summed E-state index contributed by atoms with van der Waals surface area (Å²) in [5, 5.41) is 15.4. The zero-order valence-electron chi connectivity index (χ0n) is 15.4. The minimum absolute atomic E-state index is 0.0902.